The predicted molar refractivity (Wildman–Crippen MR) is 91.0 cm³/mol. The zero-order chi connectivity index (χ0) is 19.7. The Balaban J connectivity index is 1.07. The van der Waals surface area contributed by atoms with Gasteiger partial charge in [-0.2, -0.15) is 13.2 Å². The third kappa shape index (κ3) is 2.84. The summed E-state index contributed by atoms with van der Waals surface area (Å²) in [5.74, 6) is 0.393. The van der Waals surface area contributed by atoms with Gasteiger partial charge in [0.15, 0.2) is 5.69 Å². The van der Waals surface area contributed by atoms with Crippen molar-refractivity contribution in [3.63, 3.8) is 0 Å². The van der Waals surface area contributed by atoms with Crippen LogP contribution in [0.5, 0.6) is 0 Å². The Morgan fingerprint density at radius 3 is 2.46 bits per heavy atom. The predicted octanol–water partition coefficient (Wildman–Crippen LogP) is 1.70. The van der Waals surface area contributed by atoms with Crippen molar-refractivity contribution < 1.29 is 22.8 Å². The molecular formula is C18H22F3N5O2. The lowest BCUT2D eigenvalue weighted by molar-refractivity contribution is -0.141. The molecule has 1 saturated carbocycles. The van der Waals surface area contributed by atoms with Crippen LogP contribution in [0, 0.1) is 11.3 Å². The van der Waals surface area contributed by atoms with Crippen LogP contribution in [0.15, 0.2) is 12.5 Å². The molecule has 10 heteroatoms. The van der Waals surface area contributed by atoms with Crippen LogP contribution >= 0.6 is 0 Å². The maximum absolute atomic E-state index is 12.6. The zero-order valence-electron chi connectivity index (χ0n) is 15.3. The fourth-order valence-corrected chi connectivity index (χ4v) is 5.39. The maximum Gasteiger partial charge on any atom is 0.434 e. The van der Waals surface area contributed by atoms with Crippen molar-refractivity contribution in [1.82, 2.24) is 24.7 Å². The van der Waals surface area contributed by atoms with Gasteiger partial charge in [-0.3, -0.25) is 4.79 Å². The van der Waals surface area contributed by atoms with E-state index in [0.29, 0.717) is 32.0 Å². The molecule has 4 fully saturated rings. The van der Waals surface area contributed by atoms with Gasteiger partial charge < -0.3 is 19.7 Å². The summed E-state index contributed by atoms with van der Waals surface area (Å²) in [5, 5.41) is 2.98. The van der Waals surface area contributed by atoms with E-state index >= 15 is 0 Å². The number of imidazole rings is 1. The molecule has 28 heavy (non-hydrogen) atoms. The molecule has 3 amide bonds. The van der Waals surface area contributed by atoms with E-state index in [2.05, 4.69) is 10.3 Å². The molecule has 4 aliphatic rings. The van der Waals surface area contributed by atoms with Crippen LogP contribution in [0.4, 0.5) is 18.0 Å². The average Bonchev–Trinajstić information content (AvgIpc) is 3.12. The number of likely N-dealkylation sites (tertiary alicyclic amines) is 2. The number of urea groups is 1. The molecule has 2 spiro atoms. The number of carbonyl (C=O) groups is 2. The number of hydrogen-bond acceptors (Lipinski definition) is 3. The topological polar surface area (TPSA) is 70.5 Å². The molecule has 3 aliphatic heterocycles. The van der Waals surface area contributed by atoms with Crippen LogP contribution in [0.2, 0.25) is 0 Å². The number of amides is 3. The molecular weight excluding hydrogens is 375 g/mol. The molecule has 1 aliphatic carbocycles. The highest BCUT2D eigenvalue weighted by Crippen LogP contribution is 2.53. The van der Waals surface area contributed by atoms with E-state index in [9.17, 15) is 22.8 Å². The molecule has 0 bridgehead atoms. The molecule has 0 atom stereocenters. The molecule has 1 aromatic heterocycles. The number of nitrogens with zero attached hydrogens (tertiary/aromatic N) is 4. The van der Waals surface area contributed by atoms with E-state index < -0.39 is 11.9 Å². The van der Waals surface area contributed by atoms with E-state index in [4.69, 9.17) is 0 Å². The summed E-state index contributed by atoms with van der Waals surface area (Å²) in [5.41, 5.74) is -0.915. The summed E-state index contributed by atoms with van der Waals surface area (Å²) in [6, 6.07) is 0.0327. The van der Waals surface area contributed by atoms with Crippen molar-refractivity contribution in [3.05, 3.63) is 18.2 Å². The largest absolute Gasteiger partial charge is 0.434 e. The number of alkyl halides is 3. The summed E-state index contributed by atoms with van der Waals surface area (Å²) in [6.45, 7) is 3.15. The minimum absolute atomic E-state index is 0.0327. The van der Waals surface area contributed by atoms with Crippen LogP contribution in [0.25, 0.3) is 0 Å². The molecule has 1 N–H and O–H groups in total. The molecule has 7 nitrogen and oxygen atoms in total. The molecule has 3 saturated heterocycles. The van der Waals surface area contributed by atoms with Gasteiger partial charge in [-0.25, -0.2) is 9.78 Å². The number of halogens is 3. The van der Waals surface area contributed by atoms with Gasteiger partial charge in [0.05, 0.1) is 11.9 Å². The molecule has 152 valence electrons. The quantitative estimate of drug-likeness (QED) is 0.826. The van der Waals surface area contributed by atoms with Gasteiger partial charge >= 0.3 is 12.2 Å². The van der Waals surface area contributed by atoms with Gasteiger partial charge in [-0.1, -0.05) is 0 Å². The third-order valence-electron chi connectivity index (χ3n) is 6.65. The van der Waals surface area contributed by atoms with Crippen molar-refractivity contribution in [2.75, 3.05) is 26.2 Å². The fraction of sp³-hybridized carbons (Fsp3) is 0.722. The Morgan fingerprint density at radius 2 is 1.89 bits per heavy atom. The van der Waals surface area contributed by atoms with Crippen molar-refractivity contribution >= 4 is 11.9 Å². The minimum Gasteiger partial charge on any atom is -0.347 e. The minimum atomic E-state index is -4.41. The van der Waals surface area contributed by atoms with Crippen molar-refractivity contribution in [2.45, 2.75) is 43.9 Å². The van der Waals surface area contributed by atoms with E-state index in [-0.39, 0.29) is 22.9 Å². The number of nitrogens with one attached hydrogen (secondary N) is 1. The van der Waals surface area contributed by atoms with Gasteiger partial charge in [0.25, 0.3) is 0 Å². The van der Waals surface area contributed by atoms with Crippen molar-refractivity contribution in [1.29, 1.82) is 0 Å². The van der Waals surface area contributed by atoms with Crippen LogP contribution in [0.3, 0.4) is 0 Å². The summed E-state index contributed by atoms with van der Waals surface area (Å²) in [4.78, 5) is 31.0. The van der Waals surface area contributed by atoms with Gasteiger partial charge in [0, 0.05) is 50.8 Å². The van der Waals surface area contributed by atoms with Crippen LogP contribution in [-0.4, -0.2) is 63.0 Å². The van der Waals surface area contributed by atoms with Crippen LogP contribution < -0.4 is 5.32 Å². The van der Waals surface area contributed by atoms with E-state index in [1.165, 1.54) is 10.9 Å². The number of aromatic nitrogens is 2. The molecule has 1 aromatic rings. The van der Waals surface area contributed by atoms with Gasteiger partial charge in [0.1, 0.15) is 0 Å². The standard InChI is InChI=1S/C18H22F3N5O2/c19-18(20,21)13-6-24(11-22-13)5-12-3-16(4-12)7-25(8-16)15(28)26-9-17(10-26)2-1-14(27)23-17/h6,11-12H,1-5,7-10H2,(H,23,27). The molecule has 0 radical (unpaired) electrons. The number of rotatable bonds is 2. The Labute approximate surface area is 159 Å². The molecule has 0 aromatic carbocycles. The Kier molecular flexibility index (Phi) is 3.59. The van der Waals surface area contributed by atoms with Gasteiger partial charge in [-0.05, 0) is 25.2 Å². The van der Waals surface area contributed by atoms with Crippen molar-refractivity contribution in [2.24, 2.45) is 11.3 Å². The van der Waals surface area contributed by atoms with E-state index in [1.54, 1.807) is 4.90 Å². The monoisotopic (exact) mass is 397 g/mol. The zero-order valence-corrected chi connectivity index (χ0v) is 15.3. The summed E-state index contributed by atoms with van der Waals surface area (Å²) >= 11 is 0. The van der Waals surface area contributed by atoms with Crippen LogP contribution in [0.1, 0.15) is 31.4 Å². The second kappa shape index (κ2) is 5.64. The van der Waals surface area contributed by atoms with Crippen LogP contribution in [-0.2, 0) is 17.5 Å². The molecule has 0 unspecified atom stereocenters. The Hall–Kier alpha value is -2.26. The molecule has 5 rings (SSSR count). The fourth-order valence-electron chi connectivity index (χ4n) is 5.39. The third-order valence-corrected chi connectivity index (χ3v) is 6.65. The summed E-state index contributed by atoms with van der Waals surface area (Å²) in [7, 11) is 0. The first kappa shape index (κ1) is 17.8. The highest BCUT2D eigenvalue weighted by molar-refractivity contribution is 5.82. The highest BCUT2D eigenvalue weighted by atomic mass is 19.4. The first-order chi connectivity index (χ1) is 13.2. The maximum atomic E-state index is 12.6. The van der Waals surface area contributed by atoms with Gasteiger partial charge in [0.2, 0.25) is 5.91 Å². The Bertz CT molecular complexity index is 815. The Morgan fingerprint density at radius 1 is 1.21 bits per heavy atom. The summed E-state index contributed by atoms with van der Waals surface area (Å²) < 4.78 is 39.4. The lowest BCUT2D eigenvalue weighted by atomic mass is 9.57. The number of hydrogen-bond donors (Lipinski definition) is 1. The van der Waals surface area contributed by atoms with Gasteiger partial charge in [-0.15, -0.1) is 0 Å². The second-order valence-corrected chi connectivity index (χ2v) is 9.05. The normalized spacial score (nSPS) is 25.5. The lowest BCUT2D eigenvalue weighted by Crippen LogP contribution is -2.73. The van der Waals surface area contributed by atoms with E-state index in [1.807, 2.05) is 4.90 Å². The molecule has 4 heterocycles. The SMILES string of the molecule is O=C1CCC2(CN(C(=O)N3CC4(CC(Cn5cnc(C(F)(F)F)c5)C4)C3)C2)N1. The lowest BCUT2D eigenvalue weighted by Gasteiger charge is -2.61. The smallest absolute Gasteiger partial charge is 0.347 e. The first-order valence-electron chi connectivity index (χ1n) is 9.59. The number of carbonyl (C=O) groups excluding carboxylic acids is 2. The first-order valence-corrected chi connectivity index (χ1v) is 9.59. The summed E-state index contributed by atoms with van der Waals surface area (Å²) in [6.07, 6.45) is 1.09. The van der Waals surface area contributed by atoms with Crippen molar-refractivity contribution in [3.8, 4) is 0 Å². The average molecular weight is 397 g/mol. The second-order valence-electron chi connectivity index (χ2n) is 9.05. The van der Waals surface area contributed by atoms with E-state index in [0.717, 1.165) is 38.5 Å². The highest BCUT2D eigenvalue weighted by Gasteiger charge is 2.56.